The number of ketones is 1. The number of rotatable bonds is 6. The molecule has 10 heteroatoms. The SMILES string of the molecule is CN(CCc1ccncc1)C(=O)c1ccc([C@H]2C[C@@]3(C)C(CC[C@]3(O)C(F)(F)C(F)(F)F)C3CCC4=CC(=O)CCC4=C32)cc1. The van der Waals surface area contributed by atoms with Crippen LogP contribution in [0.15, 0.2) is 71.6 Å². The smallest absolute Gasteiger partial charge is 0.383 e. The first-order chi connectivity index (χ1) is 21.2. The number of carbonyl (C=O) groups excluding carboxylic acids is 2. The highest BCUT2D eigenvalue weighted by Crippen LogP contribution is 2.70. The summed E-state index contributed by atoms with van der Waals surface area (Å²) >= 11 is 0. The summed E-state index contributed by atoms with van der Waals surface area (Å²) in [7, 11) is 1.71. The Morgan fingerprint density at radius 2 is 1.71 bits per heavy atom. The van der Waals surface area contributed by atoms with E-state index in [1.54, 1.807) is 54.7 Å². The summed E-state index contributed by atoms with van der Waals surface area (Å²) in [6.07, 6.45) is 0.972. The van der Waals surface area contributed by atoms with Crippen molar-refractivity contribution in [2.24, 2.45) is 17.3 Å². The van der Waals surface area contributed by atoms with Gasteiger partial charge in [0.1, 0.15) is 5.60 Å². The largest absolute Gasteiger partial charge is 0.456 e. The summed E-state index contributed by atoms with van der Waals surface area (Å²) in [4.78, 5) is 31.1. The molecule has 1 aromatic carbocycles. The lowest BCUT2D eigenvalue weighted by Crippen LogP contribution is -2.65. The molecule has 4 aliphatic carbocycles. The maximum absolute atomic E-state index is 15.2. The van der Waals surface area contributed by atoms with Gasteiger partial charge in [-0.05, 0) is 109 Å². The second kappa shape index (κ2) is 11.1. The number of benzene rings is 1. The number of allylic oxidation sites excluding steroid dienone is 4. The Bertz CT molecular complexity index is 1550. The standard InChI is InChI=1S/C35H37F5N2O3/c1-32-20-28(22-3-5-23(6-4-22)31(44)42(2)18-14-21-12-16-41-17-13-21)30-26-10-8-25(43)19-24(26)7-9-27(30)29(32)11-15-33(32,45)34(36,37)35(38,39)40/h3-6,12-13,16-17,19,27-29,45H,7-11,14-15,18,20H2,1-2H3/t27?,28-,29?,32+,33-/m1/s1. The van der Waals surface area contributed by atoms with Crippen molar-refractivity contribution in [1.29, 1.82) is 0 Å². The summed E-state index contributed by atoms with van der Waals surface area (Å²) < 4.78 is 71.9. The van der Waals surface area contributed by atoms with Crippen LogP contribution < -0.4 is 0 Å². The fourth-order valence-electron chi connectivity index (χ4n) is 8.74. The normalized spacial score (nSPS) is 29.9. The van der Waals surface area contributed by atoms with Crippen molar-refractivity contribution in [3.05, 3.63) is 88.3 Å². The van der Waals surface area contributed by atoms with Gasteiger partial charge in [-0.15, -0.1) is 0 Å². The predicted molar refractivity (Wildman–Crippen MR) is 158 cm³/mol. The molecule has 2 unspecified atom stereocenters. The van der Waals surface area contributed by atoms with E-state index in [4.69, 9.17) is 0 Å². The lowest BCUT2D eigenvalue weighted by Gasteiger charge is -2.56. The molecule has 1 amide bonds. The van der Waals surface area contributed by atoms with E-state index in [-0.39, 0.29) is 30.4 Å². The van der Waals surface area contributed by atoms with Gasteiger partial charge in [0.15, 0.2) is 5.78 Å². The number of alkyl halides is 5. The van der Waals surface area contributed by atoms with Gasteiger partial charge in [0.25, 0.3) is 5.91 Å². The molecule has 4 aliphatic rings. The van der Waals surface area contributed by atoms with Crippen LogP contribution in [0.5, 0.6) is 0 Å². The van der Waals surface area contributed by atoms with Crippen LogP contribution in [-0.4, -0.2) is 58.0 Å². The lowest BCUT2D eigenvalue weighted by molar-refractivity contribution is -0.362. The van der Waals surface area contributed by atoms with Crippen LogP contribution in [0.3, 0.4) is 0 Å². The molecule has 2 aromatic rings. The van der Waals surface area contributed by atoms with Crippen LogP contribution in [-0.2, 0) is 11.2 Å². The molecule has 0 spiro atoms. The minimum atomic E-state index is -5.90. The summed E-state index contributed by atoms with van der Waals surface area (Å²) in [5, 5.41) is 11.4. The van der Waals surface area contributed by atoms with Gasteiger partial charge in [-0.3, -0.25) is 14.6 Å². The molecule has 1 N–H and O–H groups in total. The minimum Gasteiger partial charge on any atom is -0.383 e. The molecule has 5 atom stereocenters. The molecule has 0 bridgehead atoms. The van der Waals surface area contributed by atoms with E-state index in [0.29, 0.717) is 49.8 Å². The van der Waals surface area contributed by atoms with Gasteiger partial charge in [0.05, 0.1) is 0 Å². The molecule has 2 saturated carbocycles. The molecular formula is C35H37F5N2O3. The Kier molecular flexibility index (Phi) is 7.82. The van der Waals surface area contributed by atoms with E-state index in [9.17, 15) is 27.9 Å². The summed E-state index contributed by atoms with van der Waals surface area (Å²) in [5.41, 5.74) is 0.105. The van der Waals surface area contributed by atoms with Crippen molar-refractivity contribution >= 4 is 11.7 Å². The van der Waals surface area contributed by atoms with Gasteiger partial charge in [-0.25, -0.2) is 0 Å². The molecule has 6 rings (SSSR count). The Labute approximate surface area is 259 Å². The Balaban J connectivity index is 1.36. The Morgan fingerprint density at radius 1 is 1.02 bits per heavy atom. The second-order valence-electron chi connectivity index (χ2n) is 13.4. The van der Waals surface area contributed by atoms with Crippen molar-refractivity contribution in [3.8, 4) is 0 Å². The first kappa shape index (κ1) is 31.6. The van der Waals surface area contributed by atoms with E-state index in [2.05, 4.69) is 4.98 Å². The second-order valence-corrected chi connectivity index (χ2v) is 13.4. The van der Waals surface area contributed by atoms with E-state index in [1.807, 2.05) is 12.1 Å². The Morgan fingerprint density at radius 3 is 2.38 bits per heavy atom. The number of amides is 1. The van der Waals surface area contributed by atoms with Crippen molar-refractivity contribution in [3.63, 3.8) is 0 Å². The quantitative estimate of drug-likeness (QED) is 0.343. The molecule has 1 aromatic heterocycles. The zero-order valence-electron chi connectivity index (χ0n) is 25.3. The monoisotopic (exact) mass is 628 g/mol. The number of pyridine rings is 1. The van der Waals surface area contributed by atoms with Crippen LogP contribution in [0.4, 0.5) is 22.0 Å². The highest BCUT2D eigenvalue weighted by Gasteiger charge is 2.79. The third-order valence-corrected chi connectivity index (χ3v) is 11.2. The van der Waals surface area contributed by atoms with Gasteiger partial charge in [-0.1, -0.05) is 24.6 Å². The zero-order valence-corrected chi connectivity index (χ0v) is 25.3. The predicted octanol–water partition coefficient (Wildman–Crippen LogP) is 7.22. The van der Waals surface area contributed by atoms with E-state index >= 15 is 8.78 Å². The molecule has 0 aliphatic heterocycles. The summed E-state index contributed by atoms with van der Waals surface area (Å²) in [6, 6.07) is 10.6. The van der Waals surface area contributed by atoms with Crippen molar-refractivity contribution < 1.29 is 36.6 Å². The number of aromatic nitrogens is 1. The third kappa shape index (κ3) is 5.04. The molecule has 45 heavy (non-hydrogen) atoms. The van der Waals surface area contributed by atoms with E-state index in [1.165, 1.54) is 6.92 Å². The van der Waals surface area contributed by atoms with E-state index < -0.39 is 41.4 Å². The average molecular weight is 629 g/mol. The van der Waals surface area contributed by atoms with Crippen molar-refractivity contribution in [2.45, 2.75) is 81.9 Å². The number of halogens is 5. The van der Waals surface area contributed by atoms with Gasteiger partial charge < -0.3 is 10.0 Å². The maximum atomic E-state index is 15.2. The van der Waals surface area contributed by atoms with Crippen LogP contribution in [0.25, 0.3) is 0 Å². The lowest BCUT2D eigenvalue weighted by atomic mass is 9.50. The van der Waals surface area contributed by atoms with Crippen LogP contribution in [0.2, 0.25) is 0 Å². The number of hydrogen-bond acceptors (Lipinski definition) is 4. The summed E-state index contributed by atoms with van der Waals surface area (Å²) in [6.45, 7) is 1.88. The van der Waals surface area contributed by atoms with Gasteiger partial charge in [-0.2, -0.15) is 22.0 Å². The molecule has 1 heterocycles. The fraction of sp³-hybridized carbons (Fsp3) is 0.514. The van der Waals surface area contributed by atoms with Crippen LogP contribution >= 0.6 is 0 Å². The highest BCUT2D eigenvalue weighted by atomic mass is 19.4. The molecule has 2 fully saturated rings. The number of likely N-dealkylation sites (N-methyl/N-ethyl adjacent to an activating group) is 1. The Hall–Kier alpha value is -3.40. The van der Waals surface area contributed by atoms with Crippen molar-refractivity contribution in [1.82, 2.24) is 9.88 Å². The molecule has 240 valence electrons. The molecule has 5 nitrogen and oxygen atoms in total. The average Bonchev–Trinajstić information content (AvgIpc) is 3.30. The molecule has 0 radical (unpaired) electrons. The topological polar surface area (TPSA) is 70.5 Å². The van der Waals surface area contributed by atoms with Gasteiger partial charge in [0.2, 0.25) is 0 Å². The number of hydrogen-bond donors (Lipinski definition) is 1. The molecule has 0 saturated heterocycles. The summed E-state index contributed by atoms with van der Waals surface area (Å²) in [5.74, 6) is -6.87. The third-order valence-electron chi connectivity index (χ3n) is 11.2. The minimum absolute atomic E-state index is 0.0287. The number of fused-ring (bicyclic) bond motifs is 4. The maximum Gasteiger partial charge on any atom is 0.456 e. The number of aliphatic hydroxyl groups is 1. The highest BCUT2D eigenvalue weighted by molar-refractivity contribution is 5.94. The van der Waals surface area contributed by atoms with Gasteiger partial charge in [0, 0.05) is 49.3 Å². The van der Waals surface area contributed by atoms with Crippen molar-refractivity contribution in [2.75, 3.05) is 13.6 Å². The van der Waals surface area contributed by atoms with Crippen LogP contribution in [0.1, 0.15) is 79.3 Å². The first-order valence-electron chi connectivity index (χ1n) is 15.6. The van der Waals surface area contributed by atoms with Crippen LogP contribution in [0, 0.1) is 17.3 Å². The first-order valence-corrected chi connectivity index (χ1v) is 15.6. The fourth-order valence-corrected chi connectivity index (χ4v) is 8.74. The number of carbonyl (C=O) groups is 2. The zero-order chi connectivity index (χ0) is 32.4. The number of nitrogens with zero attached hydrogens (tertiary/aromatic N) is 2. The molecular weight excluding hydrogens is 591 g/mol. The van der Waals surface area contributed by atoms with Gasteiger partial charge >= 0.3 is 12.1 Å². The van der Waals surface area contributed by atoms with E-state index in [0.717, 1.165) is 22.3 Å².